The van der Waals surface area contributed by atoms with E-state index in [9.17, 15) is 8.78 Å². The molecule has 0 aliphatic heterocycles. The molecule has 0 nitrogen and oxygen atoms in total. The number of hydrogen-bond acceptors (Lipinski definition) is 1. The molecule has 18 heavy (non-hydrogen) atoms. The minimum Gasteiger partial charge on any atom is -0.198 e. The van der Waals surface area contributed by atoms with Gasteiger partial charge in [-0.25, -0.2) is 0 Å². The van der Waals surface area contributed by atoms with Crippen LogP contribution in [0.2, 0.25) is 0 Å². The molecule has 0 heterocycles. The highest BCUT2D eigenvalue weighted by Crippen LogP contribution is 2.37. The van der Waals surface area contributed by atoms with Crippen LogP contribution in [-0.2, 0) is 0 Å². The molecular formula is C15H20F2S. The largest absolute Gasteiger partial charge is 0.288 e. The Morgan fingerprint density at radius 2 is 1.72 bits per heavy atom. The Morgan fingerprint density at radius 3 is 2.22 bits per heavy atom. The summed E-state index contributed by atoms with van der Waals surface area (Å²) < 4.78 is 24.4. The number of benzene rings is 1. The van der Waals surface area contributed by atoms with Crippen molar-refractivity contribution in [3.8, 4) is 0 Å². The standard InChI is InChI=1S/C15H20F2S/c1-2-11-3-5-12(6-4-11)13-7-9-14(10-8-13)18-15(16)17/h7-12,15H,2-6H2,1H3/t11-,12-. The SMILES string of the molecule is CC[C@H]1CC[C@H](c2ccc(SC(F)F)cc2)CC1. The van der Waals surface area contributed by atoms with E-state index in [1.807, 2.05) is 24.3 Å². The molecule has 0 bridgehead atoms. The van der Waals surface area contributed by atoms with E-state index in [2.05, 4.69) is 6.92 Å². The highest BCUT2D eigenvalue weighted by atomic mass is 32.2. The predicted molar refractivity (Wildman–Crippen MR) is 73.3 cm³/mol. The molecule has 0 saturated heterocycles. The van der Waals surface area contributed by atoms with Gasteiger partial charge in [0.15, 0.2) is 0 Å². The zero-order chi connectivity index (χ0) is 13.0. The molecule has 1 aromatic rings. The van der Waals surface area contributed by atoms with Gasteiger partial charge in [-0.2, -0.15) is 8.78 Å². The van der Waals surface area contributed by atoms with Gasteiger partial charge in [-0.15, -0.1) is 0 Å². The van der Waals surface area contributed by atoms with Gasteiger partial charge in [-0.3, -0.25) is 0 Å². The van der Waals surface area contributed by atoms with Crippen LogP contribution in [0.5, 0.6) is 0 Å². The first-order valence-corrected chi connectivity index (χ1v) is 7.61. The van der Waals surface area contributed by atoms with Crippen molar-refractivity contribution >= 4 is 11.8 Å². The number of hydrogen-bond donors (Lipinski definition) is 0. The Kier molecular flexibility index (Phi) is 5.04. The lowest BCUT2D eigenvalue weighted by Gasteiger charge is -2.28. The first-order valence-electron chi connectivity index (χ1n) is 6.73. The summed E-state index contributed by atoms with van der Waals surface area (Å²) >= 11 is 0.624. The molecule has 0 unspecified atom stereocenters. The van der Waals surface area contributed by atoms with Crippen LogP contribution in [0.3, 0.4) is 0 Å². The smallest absolute Gasteiger partial charge is 0.198 e. The van der Waals surface area contributed by atoms with Crippen LogP contribution in [0.1, 0.15) is 50.5 Å². The van der Waals surface area contributed by atoms with Crippen LogP contribution in [0.25, 0.3) is 0 Å². The number of halogens is 2. The van der Waals surface area contributed by atoms with Crippen LogP contribution in [-0.4, -0.2) is 5.76 Å². The van der Waals surface area contributed by atoms with Gasteiger partial charge in [0.1, 0.15) is 0 Å². The van der Waals surface area contributed by atoms with Crippen LogP contribution in [0, 0.1) is 5.92 Å². The van der Waals surface area contributed by atoms with Gasteiger partial charge in [0, 0.05) is 4.90 Å². The van der Waals surface area contributed by atoms with Gasteiger partial charge in [0.2, 0.25) is 0 Å². The molecular weight excluding hydrogens is 250 g/mol. The second kappa shape index (κ2) is 6.55. The second-order valence-corrected chi connectivity index (χ2v) is 6.14. The van der Waals surface area contributed by atoms with E-state index in [0.717, 1.165) is 5.92 Å². The van der Waals surface area contributed by atoms with Crippen molar-refractivity contribution in [3.63, 3.8) is 0 Å². The first kappa shape index (κ1) is 13.9. The molecule has 1 saturated carbocycles. The lowest BCUT2D eigenvalue weighted by molar-refractivity contribution is 0.252. The third-order valence-corrected chi connectivity index (χ3v) is 4.72. The molecule has 0 atom stereocenters. The molecule has 0 amide bonds. The summed E-state index contributed by atoms with van der Waals surface area (Å²) in [5, 5.41) is 0. The normalized spacial score (nSPS) is 24.4. The molecule has 2 rings (SSSR count). The van der Waals surface area contributed by atoms with E-state index in [1.165, 1.54) is 37.7 Å². The van der Waals surface area contributed by atoms with Gasteiger partial charge in [-0.05, 0) is 55.2 Å². The summed E-state index contributed by atoms with van der Waals surface area (Å²) in [5.74, 6) is -0.788. The summed E-state index contributed by atoms with van der Waals surface area (Å²) in [6.45, 7) is 2.27. The lowest BCUT2D eigenvalue weighted by atomic mass is 9.78. The first-order chi connectivity index (χ1) is 8.69. The summed E-state index contributed by atoms with van der Waals surface area (Å²) in [6, 6.07) is 7.72. The molecule has 0 N–H and O–H groups in total. The van der Waals surface area contributed by atoms with Crippen LogP contribution < -0.4 is 0 Å². The minimum atomic E-state index is -2.32. The molecule has 3 heteroatoms. The van der Waals surface area contributed by atoms with Crippen molar-refractivity contribution in [1.82, 2.24) is 0 Å². The van der Waals surface area contributed by atoms with Gasteiger partial charge in [0.25, 0.3) is 5.76 Å². The topological polar surface area (TPSA) is 0 Å². The van der Waals surface area contributed by atoms with E-state index in [1.54, 1.807) is 0 Å². The maximum atomic E-state index is 12.2. The van der Waals surface area contributed by atoms with Crippen molar-refractivity contribution in [1.29, 1.82) is 0 Å². The average Bonchev–Trinajstić information content (AvgIpc) is 2.39. The Labute approximate surface area is 112 Å². The highest BCUT2D eigenvalue weighted by molar-refractivity contribution is 7.99. The second-order valence-electron chi connectivity index (χ2n) is 5.07. The zero-order valence-corrected chi connectivity index (χ0v) is 11.6. The number of thioether (sulfide) groups is 1. The van der Waals surface area contributed by atoms with Gasteiger partial charge < -0.3 is 0 Å². The monoisotopic (exact) mass is 270 g/mol. The predicted octanol–water partition coefficient (Wildman–Crippen LogP) is 5.69. The lowest BCUT2D eigenvalue weighted by Crippen LogP contribution is -2.12. The van der Waals surface area contributed by atoms with Crippen LogP contribution in [0.15, 0.2) is 29.2 Å². The van der Waals surface area contributed by atoms with E-state index < -0.39 is 5.76 Å². The van der Waals surface area contributed by atoms with Crippen molar-refractivity contribution in [2.75, 3.05) is 0 Å². The number of rotatable bonds is 4. The van der Waals surface area contributed by atoms with Crippen LogP contribution >= 0.6 is 11.8 Å². The third kappa shape index (κ3) is 3.71. The Balaban J connectivity index is 1.93. The average molecular weight is 270 g/mol. The molecule has 1 aromatic carbocycles. The maximum absolute atomic E-state index is 12.2. The molecule has 100 valence electrons. The summed E-state index contributed by atoms with van der Waals surface area (Å²) in [4.78, 5) is 0.663. The van der Waals surface area contributed by atoms with Crippen LogP contribution in [0.4, 0.5) is 8.78 Å². The number of alkyl halides is 2. The summed E-state index contributed by atoms with van der Waals surface area (Å²) in [5.41, 5.74) is 1.32. The molecule has 1 fully saturated rings. The van der Waals surface area contributed by atoms with Gasteiger partial charge in [-0.1, -0.05) is 37.2 Å². The summed E-state index contributed by atoms with van der Waals surface area (Å²) in [6.07, 6.45) is 6.42. The maximum Gasteiger partial charge on any atom is 0.288 e. The molecule has 1 aliphatic carbocycles. The fraction of sp³-hybridized carbons (Fsp3) is 0.600. The fourth-order valence-corrected chi connectivity index (χ4v) is 3.32. The van der Waals surface area contributed by atoms with Crippen molar-refractivity contribution < 1.29 is 8.78 Å². The quantitative estimate of drug-likeness (QED) is 0.634. The Hall–Kier alpha value is -0.570. The minimum absolute atomic E-state index is 0.624. The third-order valence-electron chi connectivity index (χ3n) is 4.00. The van der Waals surface area contributed by atoms with E-state index in [0.29, 0.717) is 22.6 Å². The highest BCUT2D eigenvalue weighted by Gasteiger charge is 2.21. The van der Waals surface area contributed by atoms with Crippen molar-refractivity contribution in [2.45, 2.75) is 55.6 Å². The van der Waals surface area contributed by atoms with E-state index >= 15 is 0 Å². The van der Waals surface area contributed by atoms with E-state index in [-0.39, 0.29) is 0 Å². The van der Waals surface area contributed by atoms with E-state index in [4.69, 9.17) is 0 Å². The fourth-order valence-electron chi connectivity index (χ4n) is 2.83. The molecule has 0 radical (unpaired) electrons. The Bertz CT molecular complexity index is 353. The van der Waals surface area contributed by atoms with Crippen molar-refractivity contribution in [2.24, 2.45) is 5.92 Å². The molecule has 0 spiro atoms. The molecule has 0 aromatic heterocycles. The Morgan fingerprint density at radius 1 is 1.11 bits per heavy atom. The van der Waals surface area contributed by atoms with Gasteiger partial charge in [0.05, 0.1) is 0 Å². The van der Waals surface area contributed by atoms with Gasteiger partial charge >= 0.3 is 0 Å². The zero-order valence-electron chi connectivity index (χ0n) is 10.7. The van der Waals surface area contributed by atoms with Crippen molar-refractivity contribution in [3.05, 3.63) is 29.8 Å². The molecule has 1 aliphatic rings. The summed E-state index contributed by atoms with van der Waals surface area (Å²) in [7, 11) is 0.